The molecule has 2 fully saturated rings. The molecule has 90 valence electrons. The molecule has 0 bridgehead atoms. The summed E-state index contributed by atoms with van der Waals surface area (Å²) >= 11 is 0. The zero-order chi connectivity index (χ0) is 11.8. The number of hydrogen-bond acceptors (Lipinski definition) is 3. The van der Waals surface area contributed by atoms with E-state index in [9.17, 15) is 4.79 Å². The van der Waals surface area contributed by atoms with E-state index in [2.05, 4.69) is 0 Å². The summed E-state index contributed by atoms with van der Waals surface area (Å²) in [4.78, 5) is 11.5. The minimum Gasteiger partial charge on any atom is -0.457 e. The molecule has 3 nitrogen and oxygen atoms in total. The number of carbonyl (C=O) groups is 1. The highest BCUT2D eigenvalue weighted by Crippen LogP contribution is 2.39. The molecular formula is C13H20O3. The molecule has 0 aromatic rings. The molecule has 3 heteroatoms. The lowest BCUT2D eigenvalue weighted by Crippen LogP contribution is -2.22. The van der Waals surface area contributed by atoms with Gasteiger partial charge >= 0.3 is 5.97 Å². The van der Waals surface area contributed by atoms with Crippen LogP contribution < -0.4 is 0 Å². The lowest BCUT2D eigenvalue weighted by atomic mass is 9.89. The first-order chi connectivity index (χ1) is 7.44. The van der Waals surface area contributed by atoms with E-state index >= 15 is 0 Å². The Morgan fingerprint density at radius 1 is 1.31 bits per heavy atom. The Bertz CT molecular complexity index is 301. The fourth-order valence-electron chi connectivity index (χ4n) is 2.16. The molecule has 1 saturated carbocycles. The molecule has 1 heterocycles. The van der Waals surface area contributed by atoms with Crippen LogP contribution in [0.2, 0.25) is 0 Å². The van der Waals surface area contributed by atoms with Gasteiger partial charge in [-0.15, -0.1) is 0 Å². The number of rotatable bonds is 2. The average molecular weight is 224 g/mol. The Balaban J connectivity index is 1.77. The molecule has 1 saturated heterocycles. The van der Waals surface area contributed by atoms with Gasteiger partial charge in [-0.1, -0.05) is 6.08 Å². The van der Waals surface area contributed by atoms with Crippen LogP contribution in [0.25, 0.3) is 0 Å². The monoisotopic (exact) mass is 224 g/mol. The third-order valence-corrected chi connectivity index (χ3v) is 2.96. The van der Waals surface area contributed by atoms with E-state index in [-0.39, 0.29) is 5.97 Å². The van der Waals surface area contributed by atoms with Gasteiger partial charge in [0.2, 0.25) is 0 Å². The van der Waals surface area contributed by atoms with Gasteiger partial charge in [0, 0.05) is 6.08 Å². The van der Waals surface area contributed by atoms with Crippen LogP contribution in [0.4, 0.5) is 0 Å². The number of allylic oxidation sites excluding steroid dienone is 1. The van der Waals surface area contributed by atoms with Gasteiger partial charge in [-0.2, -0.15) is 0 Å². The Morgan fingerprint density at radius 2 is 2.06 bits per heavy atom. The van der Waals surface area contributed by atoms with Crippen LogP contribution in [0.1, 0.15) is 40.0 Å². The maximum absolute atomic E-state index is 11.5. The summed E-state index contributed by atoms with van der Waals surface area (Å²) in [5.74, 6) is 0.239. The highest BCUT2D eigenvalue weighted by atomic mass is 16.6. The topological polar surface area (TPSA) is 38.8 Å². The molecule has 0 aromatic heterocycles. The predicted octanol–water partition coefficient (Wildman–Crippen LogP) is 2.45. The minimum atomic E-state index is -0.404. The van der Waals surface area contributed by atoms with Crippen molar-refractivity contribution in [3.63, 3.8) is 0 Å². The van der Waals surface area contributed by atoms with Crippen molar-refractivity contribution in [3.8, 4) is 0 Å². The van der Waals surface area contributed by atoms with E-state index in [0.717, 1.165) is 19.3 Å². The molecule has 0 spiro atoms. The first-order valence-electron chi connectivity index (χ1n) is 6.01. The standard InChI is InChI=1S/C13H20O3/c1-13(2,3)16-12(14)7-5-9-4-6-10-11(8-9)15-10/h5,7,9-11H,4,6,8H2,1-3H3/b7-5+. The normalized spacial score (nSPS) is 33.6. The third kappa shape index (κ3) is 3.34. The van der Waals surface area contributed by atoms with Gasteiger partial charge in [0.1, 0.15) is 5.60 Å². The number of esters is 1. The van der Waals surface area contributed by atoms with Crippen molar-refractivity contribution < 1.29 is 14.3 Å². The predicted molar refractivity (Wildman–Crippen MR) is 61.0 cm³/mol. The summed E-state index contributed by atoms with van der Waals surface area (Å²) in [6, 6.07) is 0. The molecule has 2 rings (SSSR count). The SMILES string of the molecule is CC(C)(C)OC(=O)/C=C/C1CCC2OC2C1. The minimum absolute atomic E-state index is 0.244. The highest BCUT2D eigenvalue weighted by molar-refractivity contribution is 5.82. The first kappa shape index (κ1) is 11.6. The Labute approximate surface area is 96.8 Å². The molecule has 0 radical (unpaired) electrons. The zero-order valence-electron chi connectivity index (χ0n) is 10.2. The number of epoxide rings is 1. The van der Waals surface area contributed by atoms with Crippen LogP contribution in [-0.2, 0) is 14.3 Å². The van der Waals surface area contributed by atoms with E-state index in [0.29, 0.717) is 18.1 Å². The molecule has 2 aliphatic rings. The third-order valence-electron chi connectivity index (χ3n) is 2.96. The van der Waals surface area contributed by atoms with Crippen molar-refractivity contribution in [2.24, 2.45) is 5.92 Å². The van der Waals surface area contributed by atoms with Crippen LogP contribution in [-0.4, -0.2) is 23.8 Å². The molecule has 1 aliphatic heterocycles. The van der Waals surface area contributed by atoms with E-state index in [1.54, 1.807) is 6.08 Å². The van der Waals surface area contributed by atoms with Crippen LogP contribution in [0.5, 0.6) is 0 Å². The van der Waals surface area contributed by atoms with Crippen molar-refractivity contribution in [1.82, 2.24) is 0 Å². The maximum Gasteiger partial charge on any atom is 0.330 e. The van der Waals surface area contributed by atoms with E-state index in [4.69, 9.17) is 9.47 Å². The Morgan fingerprint density at radius 3 is 2.69 bits per heavy atom. The second-order valence-corrected chi connectivity index (χ2v) is 5.68. The fraction of sp³-hybridized carbons (Fsp3) is 0.769. The maximum atomic E-state index is 11.5. The van der Waals surface area contributed by atoms with Crippen LogP contribution in [0.3, 0.4) is 0 Å². The summed E-state index contributed by atoms with van der Waals surface area (Å²) < 4.78 is 10.7. The van der Waals surface area contributed by atoms with Crippen LogP contribution >= 0.6 is 0 Å². The second-order valence-electron chi connectivity index (χ2n) is 5.68. The van der Waals surface area contributed by atoms with E-state index in [1.807, 2.05) is 26.8 Å². The van der Waals surface area contributed by atoms with Crippen molar-refractivity contribution in [2.75, 3.05) is 0 Å². The van der Waals surface area contributed by atoms with E-state index in [1.165, 1.54) is 0 Å². The number of carbonyl (C=O) groups excluding carboxylic acids is 1. The first-order valence-corrected chi connectivity index (χ1v) is 6.01. The van der Waals surface area contributed by atoms with Gasteiger partial charge in [0.25, 0.3) is 0 Å². The largest absolute Gasteiger partial charge is 0.457 e. The van der Waals surface area contributed by atoms with Gasteiger partial charge in [-0.3, -0.25) is 0 Å². The fourth-order valence-corrected chi connectivity index (χ4v) is 2.16. The van der Waals surface area contributed by atoms with E-state index < -0.39 is 5.60 Å². The van der Waals surface area contributed by atoms with Gasteiger partial charge in [0.15, 0.2) is 0 Å². The molecule has 16 heavy (non-hydrogen) atoms. The number of ether oxygens (including phenoxy) is 2. The highest BCUT2D eigenvalue weighted by Gasteiger charge is 2.43. The molecule has 0 aromatic carbocycles. The molecule has 0 amide bonds. The smallest absolute Gasteiger partial charge is 0.330 e. The van der Waals surface area contributed by atoms with Crippen molar-refractivity contribution in [1.29, 1.82) is 0 Å². The van der Waals surface area contributed by atoms with Crippen LogP contribution in [0, 0.1) is 5.92 Å². The zero-order valence-corrected chi connectivity index (χ0v) is 10.2. The molecule has 1 aliphatic carbocycles. The quantitative estimate of drug-likeness (QED) is 0.411. The van der Waals surface area contributed by atoms with Crippen molar-refractivity contribution >= 4 is 5.97 Å². The molecule has 0 N–H and O–H groups in total. The summed E-state index contributed by atoms with van der Waals surface area (Å²) in [5, 5.41) is 0. The lowest BCUT2D eigenvalue weighted by Gasteiger charge is -2.18. The van der Waals surface area contributed by atoms with Gasteiger partial charge in [-0.25, -0.2) is 4.79 Å². The summed E-state index contributed by atoms with van der Waals surface area (Å²) in [6.07, 6.45) is 7.84. The number of fused-ring (bicyclic) bond motifs is 1. The van der Waals surface area contributed by atoms with Gasteiger partial charge < -0.3 is 9.47 Å². The summed E-state index contributed by atoms with van der Waals surface area (Å²) in [5.41, 5.74) is -0.404. The average Bonchev–Trinajstić information content (AvgIpc) is 2.89. The second kappa shape index (κ2) is 4.21. The Kier molecular flexibility index (Phi) is 3.06. The lowest BCUT2D eigenvalue weighted by molar-refractivity contribution is -0.148. The van der Waals surface area contributed by atoms with Gasteiger partial charge in [0.05, 0.1) is 12.2 Å². The van der Waals surface area contributed by atoms with Crippen LogP contribution in [0.15, 0.2) is 12.2 Å². The molecular weight excluding hydrogens is 204 g/mol. The number of hydrogen-bond donors (Lipinski definition) is 0. The van der Waals surface area contributed by atoms with Gasteiger partial charge in [-0.05, 0) is 46.0 Å². The molecule has 3 unspecified atom stereocenters. The summed E-state index contributed by atoms with van der Waals surface area (Å²) in [7, 11) is 0. The van der Waals surface area contributed by atoms with Crippen molar-refractivity contribution in [3.05, 3.63) is 12.2 Å². The summed E-state index contributed by atoms with van der Waals surface area (Å²) in [6.45, 7) is 5.63. The molecule has 3 atom stereocenters. The van der Waals surface area contributed by atoms with Crippen molar-refractivity contribution in [2.45, 2.75) is 57.8 Å². The Hall–Kier alpha value is -0.830.